The minimum Gasteiger partial charge on any atom is -0.376 e. The Morgan fingerprint density at radius 3 is 2.17 bits per heavy atom. The van der Waals surface area contributed by atoms with Crippen LogP contribution in [0.25, 0.3) is 0 Å². The van der Waals surface area contributed by atoms with Crippen molar-refractivity contribution in [2.24, 2.45) is 11.3 Å². The number of rotatable bonds is 2. The Morgan fingerprint density at radius 1 is 1.17 bits per heavy atom. The number of nitrogens with zero attached hydrogens (tertiary/aromatic N) is 2. The van der Waals surface area contributed by atoms with Gasteiger partial charge in [-0.05, 0) is 32.9 Å². The van der Waals surface area contributed by atoms with E-state index in [1.807, 2.05) is 13.8 Å². The maximum absolute atomic E-state index is 11.9. The Balaban J connectivity index is 1.82. The molecule has 0 aromatic heterocycles. The van der Waals surface area contributed by atoms with Crippen LogP contribution in [0.3, 0.4) is 0 Å². The van der Waals surface area contributed by atoms with Crippen LogP contribution in [0.2, 0.25) is 0 Å². The van der Waals surface area contributed by atoms with Crippen LogP contribution in [0.1, 0.15) is 40.5 Å². The molecule has 2 aliphatic rings. The molecule has 2 saturated heterocycles. The molecule has 18 heavy (non-hydrogen) atoms. The minimum atomic E-state index is 0.141. The molecule has 2 rings (SSSR count). The smallest absolute Gasteiger partial charge is 0.225 e. The molecule has 0 saturated carbocycles. The minimum absolute atomic E-state index is 0.141. The van der Waals surface area contributed by atoms with Gasteiger partial charge in [0.15, 0.2) is 0 Å². The summed E-state index contributed by atoms with van der Waals surface area (Å²) in [6.07, 6.45) is 4.62. The monoisotopic (exact) mass is 250 g/mol. The Hall–Kier alpha value is -0.990. The van der Waals surface area contributed by atoms with Gasteiger partial charge < -0.3 is 9.80 Å². The summed E-state index contributed by atoms with van der Waals surface area (Å²) in [7, 11) is 0. The lowest BCUT2D eigenvalue weighted by atomic mass is 9.72. The topological polar surface area (TPSA) is 23.6 Å². The first kappa shape index (κ1) is 13.4. The molecular formula is C15H26N2O. The van der Waals surface area contributed by atoms with Crippen molar-refractivity contribution in [3.8, 4) is 0 Å². The summed E-state index contributed by atoms with van der Waals surface area (Å²) in [5.74, 6) is 0.466. The van der Waals surface area contributed by atoms with Crippen LogP contribution in [0, 0.1) is 11.3 Å². The summed E-state index contributed by atoms with van der Waals surface area (Å²) in [4.78, 5) is 16.4. The summed E-state index contributed by atoms with van der Waals surface area (Å²) >= 11 is 0. The van der Waals surface area contributed by atoms with Crippen molar-refractivity contribution in [3.63, 3.8) is 0 Å². The van der Waals surface area contributed by atoms with E-state index in [9.17, 15) is 4.79 Å². The lowest BCUT2D eigenvalue weighted by Gasteiger charge is -2.54. The van der Waals surface area contributed by atoms with E-state index in [4.69, 9.17) is 0 Å². The second-order valence-electron chi connectivity index (χ2n) is 6.59. The van der Waals surface area contributed by atoms with Gasteiger partial charge in [-0.3, -0.25) is 4.79 Å². The first-order valence-electron chi connectivity index (χ1n) is 7.10. The highest BCUT2D eigenvalue weighted by molar-refractivity contribution is 5.78. The van der Waals surface area contributed by atoms with E-state index >= 15 is 0 Å². The van der Waals surface area contributed by atoms with E-state index in [2.05, 4.69) is 29.8 Å². The number of carbonyl (C=O) groups excluding carboxylic acids is 1. The third-order valence-corrected chi connectivity index (χ3v) is 4.15. The molecule has 2 aliphatic heterocycles. The number of piperidine rings is 1. The van der Waals surface area contributed by atoms with Gasteiger partial charge in [0.2, 0.25) is 5.91 Å². The standard InChI is InChI=1S/C15H26N2O/c1-12(2)9-16-10-15(11-16)5-7-17(8-6-15)14(18)13(3)4/h9,13H,5-8,10-11H2,1-4H3. The molecule has 0 bridgehead atoms. The summed E-state index contributed by atoms with van der Waals surface area (Å²) in [5, 5.41) is 0. The normalized spacial score (nSPS) is 22.1. The molecule has 0 radical (unpaired) electrons. The van der Waals surface area contributed by atoms with E-state index < -0.39 is 0 Å². The summed E-state index contributed by atoms with van der Waals surface area (Å²) in [5.41, 5.74) is 1.87. The molecule has 102 valence electrons. The second-order valence-corrected chi connectivity index (χ2v) is 6.59. The van der Waals surface area contributed by atoms with Crippen molar-refractivity contribution in [2.75, 3.05) is 26.2 Å². The number of allylic oxidation sites excluding steroid dienone is 1. The van der Waals surface area contributed by atoms with Crippen molar-refractivity contribution in [2.45, 2.75) is 40.5 Å². The van der Waals surface area contributed by atoms with Crippen LogP contribution in [-0.4, -0.2) is 41.9 Å². The van der Waals surface area contributed by atoms with Crippen LogP contribution < -0.4 is 0 Å². The first-order chi connectivity index (χ1) is 8.42. The average Bonchev–Trinajstić information content (AvgIpc) is 2.26. The molecule has 0 atom stereocenters. The van der Waals surface area contributed by atoms with Gasteiger partial charge in [0, 0.05) is 37.5 Å². The SMILES string of the molecule is CC(C)=CN1CC2(CCN(C(=O)C(C)C)CC2)C1. The molecule has 0 aromatic carbocycles. The molecule has 2 heterocycles. The zero-order valence-electron chi connectivity index (χ0n) is 12.2. The lowest BCUT2D eigenvalue weighted by molar-refractivity contribution is -0.138. The van der Waals surface area contributed by atoms with Gasteiger partial charge in [-0.25, -0.2) is 0 Å². The summed E-state index contributed by atoms with van der Waals surface area (Å²) in [6.45, 7) is 12.6. The van der Waals surface area contributed by atoms with Crippen molar-refractivity contribution < 1.29 is 4.79 Å². The number of likely N-dealkylation sites (tertiary alicyclic amines) is 2. The Morgan fingerprint density at radius 2 is 1.72 bits per heavy atom. The fraction of sp³-hybridized carbons (Fsp3) is 0.800. The van der Waals surface area contributed by atoms with Crippen LogP contribution >= 0.6 is 0 Å². The maximum Gasteiger partial charge on any atom is 0.225 e. The zero-order valence-corrected chi connectivity index (χ0v) is 12.2. The predicted octanol–water partition coefficient (Wildman–Crippen LogP) is 2.49. The van der Waals surface area contributed by atoms with Gasteiger partial charge in [-0.2, -0.15) is 0 Å². The number of amides is 1. The third kappa shape index (κ3) is 2.70. The van der Waals surface area contributed by atoms with E-state index in [0.717, 1.165) is 13.1 Å². The van der Waals surface area contributed by atoms with Crippen molar-refractivity contribution in [1.29, 1.82) is 0 Å². The second kappa shape index (κ2) is 4.94. The predicted molar refractivity (Wildman–Crippen MR) is 74.1 cm³/mol. The highest BCUT2D eigenvalue weighted by Gasteiger charge is 2.44. The van der Waals surface area contributed by atoms with Gasteiger partial charge in [0.05, 0.1) is 0 Å². The zero-order chi connectivity index (χ0) is 13.3. The fourth-order valence-electron chi connectivity index (χ4n) is 3.15. The molecule has 2 fully saturated rings. The van der Waals surface area contributed by atoms with E-state index in [1.54, 1.807) is 0 Å². The Labute approximate surface area is 111 Å². The average molecular weight is 250 g/mol. The molecule has 0 aliphatic carbocycles. The highest BCUT2D eigenvalue weighted by atomic mass is 16.2. The summed E-state index contributed by atoms with van der Waals surface area (Å²) in [6, 6.07) is 0. The van der Waals surface area contributed by atoms with Gasteiger partial charge in [0.1, 0.15) is 0 Å². The molecular weight excluding hydrogens is 224 g/mol. The van der Waals surface area contributed by atoms with Crippen molar-refractivity contribution in [1.82, 2.24) is 9.80 Å². The molecule has 1 spiro atoms. The number of carbonyl (C=O) groups is 1. The van der Waals surface area contributed by atoms with E-state index in [-0.39, 0.29) is 5.92 Å². The number of hydrogen-bond donors (Lipinski definition) is 0. The largest absolute Gasteiger partial charge is 0.376 e. The van der Waals surface area contributed by atoms with Crippen LogP contribution in [0.4, 0.5) is 0 Å². The molecule has 3 nitrogen and oxygen atoms in total. The third-order valence-electron chi connectivity index (χ3n) is 4.15. The van der Waals surface area contributed by atoms with Crippen LogP contribution in [-0.2, 0) is 4.79 Å². The first-order valence-corrected chi connectivity index (χ1v) is 7.10. The molecule has 3 heteroatoms. The Kier molecular flexibility index (Phi) is 3.69. The number of hydrogen-bond acceptors (Lipinski definition) is 2. The Bertz CT molecular complexity index is 340. The van der Waals surface area contributed by atoms with Crippen LogP contribution in [0.15, 0.2) is 11.8 Å². The van der Waals surface area contributed by atoms with E-state index in [1.165, 1.54) is 31.5 Å². The van der Waals surface area contributed by atoms with Gasteiger partial charge in [-0.1, -0.05) is 19.4 Å². The van der Waals surface area contributed by atoms with Crippen molar-refractivity contribution >= 4 is 5.91 Å². The maximum atomic E-state index is 11.9. The van der Waals surface area contributed by atoms with Gasteiger partial charge >= 0.3 is 0 Å². The van der Waals surface area contributed by atoms with Crippen LogP contribution in [0.5, 0.6) is 0 Å². The van der Waals surface area contributed by atoms with Crippen molar-refractivity contribution in [3.05, 3.63) is 11.8 Å². The van der Waals surface area contributed by atoms with Gasteiger partial charge in [0.25, 0.3) is 0 Å². The lowest BCUT2D eigenvalue weighted by Crippen LogP contribution is -2.59. The fourth-order valence-corrected chi connectivity index (χ4v) is 3.15. The molecule has 0 N–H and O–H groups in total. The quantitative estimate of drug-likeness (QED) is 0.752. The highest BCUT2D eigenvalue weighted by Crippen LogP contribution is 2.40. The molecule has 0 aromatic rings. The van der Waals surface area contributed by atoms with E-state index in [0.29, 0.717) is 11.3 Å². The summed E-state index contributed by atoms with van der Waals surface area (Å²) < 4.78 is 0. The molecule has 0 unspecified atom stereocenters. The molecule has 1 amide bonds. The van der Waals surface area contributed by atoms with Gasteiger partial charge in [-0.15, -0.1) is 0 Å².